The Labute approximate surface area is 84.3 Å². The predicted octanol–water partition coefficient (Wildman–Crippen LogP) is 1.78. The first kappa shape index (κ1) is 9.34. The van der Waals surface area contributed by atoms with Crippen molar-refractivity contribution in [2.45, 2.75) is 19.4 Å². The van der Waals surface area contributed by atoms with Crippen LogP contribution in [-0.4, -0.2) is 18.8 Å². The van der Waals surface area contributed by atoms with Crippen LogP contribution in [0.15, 0.2) is 18.2 Å². The van der Waals surface area contributed by atoms with Crippen LogP contribution in [0.5, 0.6) is 0 Å². The molecule has 0 aromatic heterocycles. The normalized spacial score (nSPS) is 18.7. The third kappa shape index (κ3) is 1.68. The Morgan fingerprint density at radius 1 is 1.43 bits per heavy atom. The molecule has 1 aromatic rings. The fraction of sp³-hybridized carbons (Fsp3) is 0.455. The quantitative estimate of drug-likeness (QED) is 0.702. The van der Waals surface area contributed by atoms with E-state index in [2.05, 4.69) is 18.3 Å². The first-order valence-corrected chi connectivity index (χ1v) is 4.81. The molecule has 3 N–H and O–H groups in total. The van der Waals surface area contributed by atoms with Crippen molar-refractivity contribution < 1.29 is 4.74 Å². The third-order valence-electron chi connectivity index (χ3n) is 2.48. The maximum absolute atomic E-state index is 5.90. The van der Waals surface area contributed by atoms with Crippen molar-refractivity contribution in [3.63, 3.8) is 0 Å². The highest BCUT2D eigenvalue weighted by molar-refractivity contribution is 5.68. The molecule has 76 valence electrons. The van der Waals surface area contributed by atoms with E-state index < -0.39 is 0 Å². The van der Waals surface area contributed by atoms with E-state index in [0.717, 1.165) is 24.6 Å². The minimum absolute atomic E-state index is 0.0589. The molecule has 0 aliphatic carbocycles. The summed E-state index contributed by atoms with van der Waals surface area (Å²) in [7, 11) is 0. The lowest BCUT2D eigenvalue weighted by Gasteiger charge is -2.39. The van der Waals surface area contributed by atoms with E-state index in [1.807, 2.05) is 19.1 Å². The number of hydrogen-bond acceptors (Lipinski definition) is 3. The summed E-state index contributed by atoms with van der Waals surface area (Å²) in [5.41, 5.74) is 8.95. The molecular formula is C11H16N2O. The van der Waals surface area contributed by atoms with Crippen LogP contribution in [0.1, 0.15) is 12.5 Å². The van der Waals surface area contributed by atoms with E-state index in [1.165, 1.54) is 5.56 Å². The zero-order chi connectivity index (χ0) is 10.2. The summed E-state index contributed by atoms with van der Waals surface area (Å²) >= 11 is 0. The number of aryl methyl sites for hydroxylation is 1. The second-order valence-corrected chi connectivity index (χ2v) is 4.27. The van der Waals surface area contributed by atoms with Gasteiger partial charge in [0.2, 0.25) is 0 Å². The molecule has 14 heavy (non-hydrogen) atoms. The maximum Gasteiger partial charge on any atom is 0.0812 e. The van der Waals surface area contributed by atoms with Gasteiger partial charge in [0.1, 0.15) is 0 Å². The van der Waals surface area contributed by atoms with Crippen LogP contribution < -0.4 is 11.1 Å². The van der Waals surface area contributed by atoms with Gasteiger partial charge in [-0.15, -0.1) is 0 Å². The maximum atomic E-state index is 5.90. The second-order valence-electron chi connectivity index (χ2n) is 4.27. The zero-order valence-electron chi connectivity index (χ0n) is 8.63. The fourth-order valence-electron chi connectivity index (χ4n) is 1.60. The van der Waals surface area contributed by atoms with E-state index >= 15 is 0 Å². The number of hydrogen-bond donors (Lipinski definition) is 2. The number of nitrogens with one attached hydrogen (secondary N) is 1. The molecule has 3 nitrogen and oxygen atoms in total. The molecule has 1 aromatic carbocycles. The minimum Gasteiger partial charge on any atom is -0.397 e. The molecule has 0 unspecified atom stereocenters. The Bertz CT molecular complexity index is 345. The Kier molecular flexibility index (Phi) is 2.11. The number of anilines is 2. The lowest BCUT2D eigenvalue weighted by molar-refractivity contribution is -0.0318. The largest absolute Gasteiger partial charge is 0.397 e. The van der Waals surface area contributed by atoms with Gasteiger partial charge in [0.25, 0.3) is 0 Å². The highest BCUT2D eigenvalue weighted by Gasteiger charge is 2.33. The fourth-order valence-corrected chi connectivity index (χ4v) is 1.60. The number of benzene rings is 1. The Hall–Kier alpha value is -1.22. The Morgan fingerprint density at radius 2 is 2.14 bits per heavy atom. The summed E-state index contributed by atoms with van der Waals surface area (Å²) in [6.07, 6.45) is 0. The molecule has 2 rings (SSSR count). The van der Waals surface area contributed by atoms with Gasteiger partial charge in [-0.3, -0.25) is 0 Å². The molecule has 0 atom stereocenters. The van der Waals surface area contributed by atoms with Gasteiger partial charge in [-0.1, -0.05) is 6.07 Å². The first-order chi connectivity index (χ1) is 6.59. The SMILES string of the molecule is Cc1ccc(NC2(C)COC2)c(N)c1. The summed E-state index contributed by atoms with van der Waals surface area (Å²) in [5.74, 6) is 0. The molecule has 1 aliphatic rings. The van der Waals surface area contributed by atoms with E-state index in [9.17, 15) is 0 Å². The van der Waals surface area contributed by atoms with Crippen LogP contribution in [0.2, 0.25) is 0 Å². The van der Waals surface area contributed by atoms with Crippen molar-refractivity contribution in [1.82, 2.24) is 0 Å². The molecule has 0 spiro atoms. The highest BCUT2D eigenvalue weighted by atomic mass is 16.5. The summed E-state index contributed by atoms with van der Waals surface area (Å²) in [6, 6.07) is 6.06. The number of nitrogen functional groups attached to an aromatic ring is 1. The molecule has 3 heteroatoms. The van der Waals surface area contributed by atoms with E-state index in [4.69, 9.17) is 10.5 Å². The Morgan fingerprint density at radius 3 is 2.64 bits per heavy atom. The molecule has 1 saturated heterocycles. The van der Waals surface area contributed by atoms with Gasteiger partial charge >= 0.3 is 0 Å². The first-order valence-electron chi connectivity index (χ1n) is 4.81. The van der Waals surface area contributed by atoms with E-state index in [-0.39, 0.29) is 5.54 Å². The van der Waals surface area contributed by atoms with Crippen LogP contribution >= 0.6 is 0 Å². The molecular weight excluding hydrogens is 176 g/mol. The monoisotopic (exact) mass is 192 g/mol. The zero-order valence-corrected chi connectivity index (χ0v) is 8.63. The van der Waals surface area contributed by atoms with E-state index in [0.29, 0.717) is 0 Å². The van der Waals surface area contributed by atoms with Crippen LogP contribution in [-0.2, 0) is 4.74 Å². The smallest absolute Gasteiger partial charge is 0.0812 e. The molecule has 1 aliphatic heterocycles. The van der Waals surface area contributed by atoms with Gasteiger partial charge in [-0.05, 0) is 31.5 Å². The topological polar surface area (TPSA) is 47.3 Å². The number of rotatable bonds is 2. The van der Waals surface area contributed by atoms with Gasteiger partial charge in [-0.25, -0.2) is 0 Å². The van der Waals surface area contributed by atoms with Crippen LogP contribution in [0.25, 0.3) is 0 Å². The third-order valence-corrected chi connectivity index (χ3v) is 2.48. The van der Waals surface area contributed by atoms with Crippen LogP contribution in [0.4, 0.5) is 11.4 Å². The molecule has 1 fully saturated rings. The average Bonchev–Trinajstić information content (AvgIpc) is 2.07. The van der Waals surface area contributed by atoms with Crippen molar-refractivity contribution in [1.29, 1.82) is 0 Å². The average molecular weight is 192 g/mol. The van der Waals surface area contributed by atoms with Gasteiger partial charge in [0.05, 0.1) is 30.1 Å². The minimum atomic E-state index is 0.0589. The van der Waals surface area contributed by atoms with Crippen LogP contribution in [0.3, 0.4) is 0 Å². The summed E-state index contributed by atoms with van der Waals surface area (Å²) in [6.45, 7) is 5.67. The predicted molar refractivity (Wildman–Crippen MR) is 58.4 cm³/mol. The van der Waals surface area contributed by atoms with Crippen molar-refractivity contribution in [2.24, 2.45) is 0 Å². The van der Waals surface area contributed by atoms with Crippen molar-refractivity contribution >= 4 is 11.4 Å². The lowest BCUT2D eigenvalue weighted by Crippen LogP contribution is -2.53. The van der Waals surface area contributed by atoms with E-state index in [1.54, 1.807) is 0 Å². The molecule has 0 bridgehead atoms. The summed E-state index contributed by atoms with van der Waals surface area (Å²) < 4.78 is 5.17. The number of nitrogens with two attached hydrogens (primary N) is 1. The second kappa shape index (κ2) is 3.17. The standard InChI is InChI=1S/C11H16N2O/c1-8-3-4-10(9(12)5-8)13-11(2)6-14-7-11/h3-5,13H,6-7,12H2,1-2H3. The van der Waals surface area contributed by atoms with Gasteiger partial charge in [0.15, 0.2) is 0 Å². The highest BCUT2D eigenvalue weighted by Crippen LogP contribution is 2.27. The molecule has 0 radical (unpaired) electrons. The molecule has 0 amide bonds. The van der Waals surface area contributed by atoms with Crippen molar-refractivity contribution in [3.05, 3.63) is 23.8 Å². The summed E-state index contributed by atoms with van der Waals surface area (Å²) in [5, 5.41) is 3.40. The molecule has 0 saturated carbocycles. The van der Waals surface area contributed by atoms with Crippen molar-refractivity contribution in [3.8, 4) is 0 Å². The van der Waals surface area contributed by atoms with Gasteiger partial charge in [-0.2, -0.15) is 0 Å². The van der Waals surface area contributed by atoms with Crippen LogP contribution in [0, 0.1) is 6.92 Å². The number of ether oxygens (including phenoxy) is 1. The Balaban J connectivity index is 2.16. The molecule has 1 heterocycles. The summed E-state index contributed by atoms with van der Waals surface area (Å²) in [4.78, 5) is 0. The van der Waals surface area contributed by atoms with Gasteiger partial charge in [0, 0.05) is 0 Å². The van der Waals surface area contributed by atoms with Crippen molar-refractivity contribution in [2.75, 3.05) is 24.3 Å². The lowest BCUT2D eigenvalue weighted by atomic mass is 10.00. The van der Waals surface area contributed by atoms with Gasteiger partial charge < -0.3 is 15.8 Å².